The summed E-state index contributed by atoms with van der Waals surface area (Å²) in [4.78, 5) is 33.4. The topological polar surface area (TPSA) is 77.3 Å². The number of ketones is 2. The molecule has 0 aliphatic heterocycles. The van der Waals surface area contributed by atoms with Gasteiger partial charge in [-0.2, -0.15) is 13.2 Å². The number of halogens is 3. The molecule has 0 aliphatic rings. The lowest BCUT2D eigenvalue weighted by Crippen LogP contribution is -2.16. The molecule has 0 fully saturated rings. The average molecular weight is 323 g/mol. The van der Waals surface area contributed by atoms with Crippen LogP contribution in [0.15, 0.2) is 48.5 Å². The van der Waals surface area contributed by atoms with Crippen molar-refractivity contribution in [3.8, 4) is 0 Å². The lowest BCUT2D eigenvalue weighted by atomic mass is 9.99. The minimum Gasteiger partial charge on any atom is -0.285 e. The first kappa shape index (κ1) is 16.3. The van der Waals surface area contributed by atoms with E-state index in [9.17, 15) is 32.9 Å². The van der Waals surface area contributed by atoms with Crippen LogP contribution in [-0.2, 0) is 6.18 Å². The highest BCUT2D eigenvalue weighted by molar-refractivity contribution is 6.49. The van der Waals surface area contributed by atoms with E-state index in [1.165, 1.54) is 24.3 Å². The molecule has 8 heteroatoms. The molecule has 0 saturated heterocycles. The fourth-order valence-corrected chi connectivity index (χ4v) is 1.92. The molecule has 2 aromatic rings. The standard InChI is InChI=1S/C15H8F3NO4/c16-15(17,18)11-8-10(6-7-12(11)19(22)23)14(21)13(20)9-4-2-1-3-5-9/h1-8H. The largest absolute Gasteiger partial charge is 0.423 e. The summed E-state index contributed by atoms with van der Waals surface area (Å²) in [5, 5.41) is 10.7. The molecule has 0 radical (unpaired) electrons. The normalized spacial score (nSPS) is 11.1. The summed E-state index contributed by atoms with van der Waals surface area (Å²) in [6, 6.07) is 9.00. The Morgan fingerprint density at radius 1 is 0.913 bits per heavy atom. The van der Waals surface area contributed by atoms with Gasteiger partial charge in [-0.1, -0.05) is 30.3 Å². The predicted molar refractivity (Wildman–Crippen MR) is 73.2 cm³/mol. The number of Topliss-reactive ketones (excluding diaryl/α,β-unsaturated/α-hetero) is 2. The van der Waals surface area contributed by atoms with Gasteiger partial charge in [-0.15, -0.1) is 0 Å². The fourth-order valence-electron chi connectivity index (χ4n) is 1.92. The van der Waals surface area contributed by atoms with E-state index in [2.05, 4.69) is 0 Å². The summed E-state index contributed by atoms with van der Waals surface area (Å²) in [5.41, 5.74) is -3.29. The molecule has 0 aromatic heterocycles. The molecule has 2 aromatic carbocycles. The van der Waals surface area contributed by atoms with Crippen molar-refractivity contribution in [2.75, 3.05) is 0 Å². The van der Waals surface area contributed by atoms with E-state index < -0.39 is 39.5 Å². The van der Waals surface area contributed by atoms with Crippen LogP contribution in [0.5, 0.6) is 0 Å². The zero-order chi connectivity index (χ0) is 17.2. The van der Waals surface area contributed by atoms with Gasteiger partial charge in [0.25, 0.3) is 5.69 Å². The van der Waals surface area contributed by atoms with Gasteiger partial charge in [0.15, 0.2) is 0 Å². The maximum Gasteiger partial charge on any atom is 0.423 e. The number of alkyl halides is 3. The molecule has 118 valence electrons. The molecule has 0 saturated carbocycles. The van der Waals surface area contributed by atoms with Crippen LogP contribution in [0.4, 0.5) is 18.9 Å². The number of hydrogen-bond donors (Lipinski definition) is 0. The Balaban J connectivity index is 2.47. The van der Waals surface area contributed by atoms with Gasteiger partial charge in [-0.05, 0) is 12.1 Å². The van der Waals surface area contributed by atoms with Crippen molar-refractivity contribution >= 4 is 17.3 Å². The maximum absolute atomic E-state index is 12.9. The first-order valence-electron chi connectivity index (χ1n) is 6.21. The van der Waals surface area contributed by atoms with E-state index in [1.54, 1.807) is 6.07 Å². The zero-order valence-electron chi connectivity index (χ0n) is 11.3. The minimum atomic E-state index is -5.02. The molecule has 0 unspecified atom stereocenters. The van der Waals surface area contributed by atoms with E-state index in [0.29, 0.717) is 12.1 Å². The Labute approximate surface area is 127 Å². The zero-order valence-corrected chi connectivity index (χ0v) is 11.3. The number of nitrogens with zero attached hydrogens (tertiary/aromatic N) is 1. The highest BCUT2D eigenvalue weighted by Gasteiger charge is 2.39. The number of benzene rings is 2. The van der Waals surface area contributed by atoms with Crippen LogP contribution in [0.1, 0.15) is 26.3 Å². The molecule has 0 N–H and O–H groups in total. The highest BCUT2D eigenvalue weighted by atomic mass is 19.4. The van der Waals surface area contributed by atoms with Gasteiger partial charge >= 0.3 is 6.18 Å². The Hall–Kier alpha value is -3.03. The van der Waals surface area contributed by atoms with Crippen molar-refractivity contribution in [2.24, 2.45) is 0 Å². The lowest BCUT2D eigenvalue weighted by Gasteiger charge is -2.09. The Morgan fingerprint density at radius 2 is 1.48 bits per heavy atom. The van der Waals surface area contributed by atoms with Crippen molar-refractivity contribution in [2.45, 2.75) is 6.18 Å². The molecule has 0 spiro atoms. The van der Waals surface area contributed by atoms with Crippen LogP contribution in [0.2, 0.25) is 0 Å². The van der Waals surface area contributed by atoms with Gasteiger partial charge in [0.05, 0.1) is 4.92 Å². The van der Waals surface area contributed by atoms with Crippen LogP contribution in [0.3, 0.4) is 0 Å². The number of rotatable bonds is 4. The molecular weight excluding hydrogens is 315 g/mol. The van der Waals surface area contributed by atoms with Crippen molar-refractivity contribution in [1.82, 2.24) is 0 Å². The summed E-state index contributed by atoms with van der Waals surface area (Å²) in [6.45, 7) is 0. The average Bonchev–Trinajstić information content (AvgIpc) is 2.52. The van der Waals surface area contributed by atoms with Crippen LogP contribution >= 0.6 is 0 Å². The first-order valence-corrected chi connectivity index (χ1v) is 6.21. The summed E-state index contributed by atoms with van der Waals surface area (Å²) < 4.78 is 38.6. The second-order valence-electron chi connectivity index (χ2n) is 4.51. The number of carbonyl (C=O) groups is 2. The second kappa shape index (κ2) is 5.99. The molecule has 5 nitrogen and oxygen atoms in total. The molecule has 2 rings (SSSR count). The molecular formula is C15H8F3NO4. The third-order valence-electron chi connectivity index (χ3n) is 3.00. The van der Waals surface area contributed by atoms with Crippen LogP contribution in [-0.4, -0.2) is 16.5 Å². The van der Waals surface area contributed by atoms with Gasteiger partial charge in [0.2, 0.25) is 11.6 Å². The van der Waals surface area contributed by atoms with E-state index in [4.69, 9.17) is 0 Å². The van der Waals surface area contributed by atoms with Crippen LogP contribution in [0, 0.1) is 10.1 Å². The van der Waals surface area contributed by atoms with Crippen LogP contribution in [0.25, 0.3) is 0 Å². The third kappa shape index (κ3) is 3.42. The third-order valence-corrected chi connectivity index (χ3v) is 3.00. The Bertz CT molecular complexity index is 785. The molecule has 0 aliphatic carbocycles. The minimum absolute atomic E-state index is 0.0180. The lowest BCUT2D eigenvalue weighted by molar-refractivity contribution is -0.388. The van der Waals surface area contributed by atoms with Crippen molar-refractivity contribution in [1.29, 1.82) is 0 Å². The fraction of sp³-hybridized carbons (Fsp3) is 0.0667. The van der Waals surface area contributed by atoms with Gasteiger partial charge in [0, 0.05) is 17.2 Å². The Kier molecular flexibility index (Phi) is 4.26. The van der Waals surface area contributed by atoms with E-state index >= 15 is 0 Å². The highest BCUT2D eigenvalue weighted by Crippen LogP contribution is 2.36. The van der Waals surface area contributed by atoms with Crippen molar-refractivity contribution < 1.29 is 27.7 Å². The van der Waals surface area contributed by atoms with Gasteiger partial charge < -0.3 is 0 Å². The molecule has 0 bridgehead atoms. The van der Waals surface area contributed by atoms with Crippen molar-refractivity contribution in [3.05, 3.63) is 75.3 Å². The summed E-state index contributed by atoms with van der Waals surface area (Å²) >= 11 is 0. The second-order valence-corrected chi connectivity index (χ2v) is 4.51. The summed E-state index contributed by atoms with van der Waals surface area (Å²) in [7, 11) is 0. The molecule has 0 heterocycles. The van der Waals surface area contributed by atoms with Crippen molar-refractivity contribution in [3.63, 3.8) is 0 Å². The first-order chi connectivity index (χ1) is 10.7. The monoisotopic (exact) mass is 323 g/mol. The number of carbonyl (C=O) groups excluding carboxylic acids is 2. The summed E-state index contributed by atoms with van der Waals surface area (Å²) in [6.07, 6.45) is -5.02. The molecule has 0 amide bonds. The van der Waals surface area contributed by atoms with Gasteiger partial charge in [-0.3, -0.25) is 19.7 Å². The van der Waals surface area contributed by atoms with E-state index in [0.717, 1.165) is 6.07 Å². The predicted octanol–water partition coefficient (Wildman–Crippen LogP) is 3.68. The number of nitro benzene ring substituents is 1. The SMILES string of the molecule is O=C(C(=O)c1ccc([N+](=O)[O-])c(C(F)(F)F)c1)c1ccccc1. The van der Waals surface area contributed by atoms with Crippen LogP contribution < -0.4 is 0 Å². The van der Waals surface area contributed by atoms with Gasteiger partial charge in [-0.25, -0.2) is 0 Å². The smallest absolute Gasteiger partial charge is 0.285 e. The maximum atomic E-state index is 12.9. The van der Waals surface area contributed by atoms with E-state index in [1.807, 2.05) is 0 Å². The molecule has 23 heavy (non-hydrogen) atoms. The number of hydrogen-bond acceptors (Lipinski definition) is 4. The Morgan fingerprint density at radius 3 is 2.00 bits per heavy atom. The molecule has 0 atom stereocenters. The number of nitro groups is 1. The quantitative estimate of drug-likeness (QED) is 0.372. The summed E-state index contributed by atoms with van der Waals surface area (Å²) in [5.74, 6) is -2.16. The van der Waals surface area contributed by atoms with Gasteiger partial charge in [0.1, 0.15) is 5.56 Å². The van der Waals surface area contributed by atoms with E-state index in [-0.39, 0.29) is 5.56 Å².